The van der Waals surface area contributed by atoms with Crippen molar-refractivity contribution in [2.24, 2.45) is 5.41 Å². The fourth-order valence-electron chi connectivity index (χ4n) is 1.92. The zero-order valence-corrected chi connectivity index (χ0v) is 9.35. The van der Waals surface area contributed by atoms with Gasteiger partial charge in [0.05, 0.1) is 0 Å². The Labute approximate surface area is 98.9 Å². The number of carbonyl (C=O) groups is 2. The van der Waals surface area contributed by atoms with Crippen molar-refractivity contribution in [3.8, 4) is 0 Å². The van der Waals surface area contributed by atoms with Gasteiger partial charge in [-0.25, -0.2) is 0 Å². The van der Waals surface area contributed by atoms with E-state index in [4.69, 9.17) is 5.11 Å². The number of aliphatic carboxylic acids is 1. The number of rotatable bonds is 4. The molecule has 5 heteroatoms. The lowest BCUT2D eigenvalue weighted by molar-refractivity contribution is -0.162. The highest BCUT2D eigenvalue weighted by molar-refractivity contribution is 6.02. The van der Waals surface area contributed by atoms with E-state index >= 15 is 0 Å². The van der Waals surface area contributed by atoms with Gasteiger partial charge in [0.15, 0.2) is 0 Å². The smallest absolute Gasteiger partial charge is 0.319 e. The van der Waals surface area contributed by atoms with E-state index in [2.05, 4.69) is 10.3 Å². The predicted octanol–water partition coefficient (Wildman–Crippen LogP) is 0.953. The summed E-state index contributed by atoms with van der Waals surface area (Å²) in [5.74, 6) is -1.41. The van der Waals surface area contributed by atoms with Gasteiger partial charge in [-0.2, -0.15) is 0 Å². The molecule has 0 bridgehead atoms. The van der Waals surface area contributed by atoms with Gasteiger partial charge in [0.25, 0.3) is 0 Å². The maximum Gasteiger partial charge on any atom is 0.319 e. The fraction of sp³-hybridized carbons (Fsp3) is 0.417. The van der Waals surface area contributed by atoms with Crippen LogP contribution in [0.3, 0.4) is 0 Å². The topological polar surface area (TPSA) is 79.3 Å². The summed E-state index contributed by atoms with van der Waals surface area (Å²) in [7, 11) is 0. The number of hydrogen-bond acceptors (Lipinski definition) is 3. The second kappa shape index (κ2) is 4.53. The first-order chi connectivity index (χ1) is 8.15. The Kier molecular flexibility index (Phi) is 3.08. The molecule has 1 aliphatic rings. The number of carboxylic acid groups (broad SMARTS) is 1. The first-order valence-corrected chi connectivity index (χ1v) is 5.56. The third-order valence-electron chi connectivity index (χ3n) is 3.23. The Morgan fingerprint density at radius 2 is 2.24 bits per heavy atom. The van der Waals surface area contributed by atoms with Crippen LogP contribution in [-0.2, 0) is 16.1 Å². The van der Waals surface area contributed by atoms with Crippen molar-refractivity contribution in [3.63, 3.8) is 0 Å². The average molecular weight is 234 g/mol. The molecule has 1 saturated carbocycles. The van der Waals surface area contributed by atoms with Gasteiger partial charge in [0.2, 0.25) is 5.91 Å². The van der Waals surface area contributed by atoms with E-state index in [9.17, 15) is 9.59 Å². The van der Waals surface area contributed by atoms with Gasteiger partial charge < -0.3 is 10.4 Å². The molecule has 1 heterocycles. The van der Waals surface area contributed by atoms with Crippen LogP contribution >= 0.6 is 0 Å². The minimum absolute atomic E-state index is 0.321. The quantitative estimate of drug-likeness (QED) is 0.760. The van der Waals surface area contributed by atoms with Crippen LogP contribution in [0.5, 0.6) is 0 Å². The molecule has 0 spiro atoms. The van der Waals surface area contributed by atoms with E-state index in [0.29, 0.717) is 19.4 Å². The molecule has 0 aromatic carbocycles. The Morgan fingerprint density at radius 3 is 2.71 bits per heavy atom. The van der Waals surface area contributed by atoms with Crippen LogP contribution in [0.15, 0.2) is 24.5 Å². The highest BCUT2D eigenvalue weighted by Gasteiger charge is 2.50. The van der Waals surface area contributed by atoms with Crippen LogP contribution in [0.1, 0.15) is 24.8 Å². The molecular weight excluding hydrogens is 220 g/mol. The molecule has 0 atom stereocenters. The summed E-state index contributed by atoms with van der Waals surface area (Å²) in [5, 5.41) is 11.7. The van der Waals surface area contributed by atoms with Crippen LogP contribution in [-0.4, -0.2) is 22.0 Å². The summed E-state index contributed by atoms with van der Waals surface area (Å²) in [6, 6.07) is 3.61. The summed E-state index contributed by atoms with van der Waals surface area (Å²) in [6.07, 6.45) is 4.96. The zero-order chi connectivity index (χ0) is 12.3. The maximum absolute atomic E-state index is 11.8. The largest absolute Gasteiger partial charge is 0.480 e. The lowest BCUT2D eigenvalue weighted by Gasteiger charge is -2.35. The minimum atomic E-state index is -1.19. The number of aromatic nitrogens is 1. The summed E-state index contributed by atoms with van der Waals surface area (Å²) >= 11 is 0. The number of nitrogens with one attached hydrogen (secondary N) is 1. The van der Waals surface area contributed by atoms with E-state index in [-0.39, 0.29) is 5.91 Å². The molecule has 1 fully saturated rings. The van der Waals surface area contributed by atoms with Crippen LogP contribution in [0.25, 0.3) is 0 Å². The number of pyridine rings is 1. The lowest BCUT2D eigenvalue weighted by atomic mass is 9.68. The molecule has 1 aromatic rings. The Morgan fingerprint density at radius 1 is 1.47 bits per heavy atom. The molecular formula is C12H14N2O3. The third kappa shape index (κ3) is 2.13. The molecule has 0 radical (unpaired) electrons. The standard InChI is InChI=1S/C12H14N2O3/c15-10(12(11(16)17)4-2-5-12)14-8-9-3-1-6-13-7-9/h1,3,6-7H,2,4-5,8H2,(H,14,15)(H,16,17). The van der Waals surface area contributed by atoms with Crippen LogP contribution in [0.2, 0.25) is 0 Å². The molecule has 0 aliphatic heterocycles. The van der Waals surface area contributed by atoms with Crippen molar-refractivity contribution in [2.75, 3.05) is 0 Å². The highest BCUT2D eigenvalue weighted by atomic mass is 16.4. The molecule has 2 rings (SSSR count). The van der Waals surface area contributed by atoms with Crippen LogP contribution < -0.4 is 5.32 Å². The Bertz CT molecular complexity index is 427. The number of hydrogen-bond donors (Lipinski definition) is 2. The molecule has 17 heavy (non-hydrogen) atoms. The first-order valence-electron chi connectivity index (χ1n) is 5.56. The van der Waals surface area contributed by atoms with E-state index in [1.807, 2.05) is 6.07 Å². The zero-order valence-electron chi connectivity index (χ0n) is 9.35. The predicted molar refractivity (Wildman–Crippen MR) is 60.0 cm³/mol. The van der Waals surface area contributed by atoms with Gasteiger partial charge in [-0.15, -0.1) is 0 Å². The first kappa shape index (κ1) is 11.6. The van der Waals surface area contributed by atoms with Crippen LogP contribution in [0.4, 0.5) is 0 Å². The van der Waals surface area contributed by atoms with Gasteiger partial charge in [-0.1, -0.05) is 12.5 Å². The lowest BCUT2D eigenvalue weighted by Crippen LogP contribution is -2.50. The third-order valence-corrected chi connectivity index (χ3v) is 3.23. The van der Waals surface area contributed by atoms with Crippen LogP contribution in [0, 0.1) is 5.41 Å². The monoisotopic (exact) mass is 234 g/mol. The molecule has 5 nitrogen and oxygen atoms in total. The molecule has 0 saturated heterocycles. The summed E-state index contributed by atoms with van der Waals surface area (Å²) in [6.45, 7) is 0.321. The number of carboxylic acids is 1. The average Bonchev–Trinajstić information content (AvgIpc) is 2.25. The number of nitrogens with zero attached hydrogens (tertiary/aromatic N) is 1. The number of carbonyl (C=O) groups excluding carboxylic acids is 1. The van der Waals surface area contributed by atoms with E-state index in [0.717, 1.165) is 12.0 Å². The Balaban J connectivity index is 1.96. The summed E-state index contributed by atoms with van der Waals surface area (Å²) in [4.78, 5) is 26.9. The normalized spacial score (nSPS) is 16.9. The SMILES string of the molecule is O=C(O)C1(C(=O)NCc2cccnc2)CCC1. The van der Waals surface area contributed by atoms with Crippen molar-refractivity contribution >= 4 is 11.9 Å². The van der Waals surface area contributed by atoms with Gasteiger partial charge in [0, 0.05) is 18.9 Å². The van der Waals surface area contributed by atoms with Crippen molar-refractivity contribution in [1.29, 1.82) is 0 Å². The second-order valence-electron chi connectivity index (χ2n) is 4.28. The van der Waals surface area contributed by atoms with Crippen molar-refractivity contribution in [1.82, 2.24) is 10.3 Å². The second-order valence-corrected chi connectivity index (χ2v) is 4.28. The molecule has 90 valence electrons. The molecule has 1 aromatic heterocycles. The summed E-state index contributed by atoms with van der Waals surface area (Å²) in [5.41, 5.74) is -0.330. The highest BCUT2D eigenvalue weighted by Crippen LogP contribution is 2.41. The maximum atomic E-state index is 11.8. The molecule has 1 amide bonds. The van der Waals surface area contributed by atoms with E-state index in [1.165, 1.54) is 0 Å². The fourth-order valence-corrected chi connectivity index (χ4v) is 1.92. The van der Waals surface area contributed by atoms with Crippen molar-refractivity contribution in [2.45, 2.75) is 25.8 Å². The molecule has 2 N–H and O–H groups in total. The number of amides is 1. The van der Waals surface area contributed by atoms with Crippen molar-refractivity contribution in [3.05, 3.63) is 30.1 Å². The van der Waals surface area contributed by atoms with Gasteiger partial charge in [-0.3, -0.25) is 14.6 Å². The summed E-state index contributed by atoms with van der Waals surface area (Å²) < 4.78 is 0. The minimum Gasteiger partial charge on any atom is -0.480 e. The van der Waals surface area contributed by atoms with Gasteiger partial charge >= 0.3 is 5.97 Å². The Hall–Kier alpha value is -1.91. The molecule has 0 unspecified atom stereocenters. The van der Waals surface area contributed by atoms with Crippen molar-refractivity contribution < 1.29 is 14.7 Å². The van der Waals surface area contributed by atoms with Gasteiger partial charge in [-0.05, 0) is 24.5 Å². The van der Waals surface area contributed by atoms with E-state index < -0.39 is 11.4 Å². The van der Waals surface area contributed by atoms with E-state index in [1.54, 1.807) is 18.5 Å². The molecule has 1 aliphatic carbocycles. The van der Waals surface area contributed by atoms with Gasteiger partial charge in [0.1, 0.15) is 5.41 Å².